The van der Waals surface area contributed by atoms with Crippen molar-refractivity contribution in [3.8, 4) is 0 Å². The maximum absolute atomic E-state index is 13.7. The third-order valence-electron chi connectivity index (χ3n) is 5.11. The number of hydrogen-bond acceptors (Lipinski definition) is 3. The number of amides is 2. The van der Waals surface area contributed by atoms with Crippen molar-refractivity contribution in [1.29, 1.82) is 0 Å². The molecule has 2 aromatic carbocycles. The molecular formula is C23H22F4N4O2. The average molecular weight is 462 g/mol. The van der Waals surface area contributed by atoms with E-state index in [1.807, 2.05) is 0 Å². The number of rotatable bonds is 6. The van der Waals surface area contributed by atoms with E-state index in [1.54, 1.807) is 20.8 Å². The highest BCUT2D eigenvalue weighted by Gasteiger charge is 2.29. The first kappa shape index (κ1) is 24.0. The fraction of sp³-hybridized carbons (Fsp3) is 0.261. The van der Waals surface area contributed by atoms with Gasteiger partial charge in [0.15, 0.2) is 5.82 Å². The van der Waals surface area contributed by atoms with E-state index in [9.17, 15) is 27.2 Å². The van der Waals surface area contributed by atoms with Crippen molar-refractivity contribution < 1.29 is 27.2 Å². The average Bonchev–Trinajstić information content (AvgIpc) is 3.20. The van der Waals surface area contributed by atoms with Crippen LogP contribution >= 0.6 is 0 Å². The zero-order valence-electron chi connectivity index (χ0n) is 18.2. The molecule has 2 N–H and O–H groups in total. The number of hydrazine groups is 1. The topological polar surface area (TPSA) is 78.1 Å². The lowest BCUT2D eigenvalue weighted by Gasteiger charge is -2.23. The molecule has 33 heavy (non-hydrogen) atoms. The van der Waals surface area contributed by atoms with Gasteiger partial charge in [0.2, 0.25) is 11.8 Å². The molecule has 0 fully saturated rings. The second-order valence-corrected chi connectivity index (χ2v) is 7.99. The second kappa shape index (κ2) is 9.43. The predicted molar refractivity (Wildman–Crippen MR) is 113 cm³/mol. The molecule has 0 bridgehead atoms. The Balaban J connectivity index is 1.85. The third-order valence-corrected chi connectivity index (χ3v) is 5.11. The maximum Gasteiger partial charge on any atom is 0.246 e. The Morgan fingerprint density at radius 1 is 0.939 bits per heavy atom. The number of H-pyrrole nitrogens is 1. The van der Waals surface area contributed by atoms with Crippen LogP contribution in [-0.4, -0.2) is 22.0 Å². The van der Waals surface area contributed by atoms with E-state index in [1.165, 1.54) is 18.2 Å². The molecule has 2 amide bonds. The van der Waals surface area contributed by atoms with Crippen LogP contribution in [0.25, 0.3) is 0 Å². The standard InChI is InChI=1S/C23H22F4N4O2/c1-4-22(33)31(30-21(32)7-13-5-15(24)10-16(25)6-13)20-12-19(28-29-20)23(2,3)14-8-17(26)11-18(27)9-14/h5-6,8-12H,4,7H2,1-3H3,(H,28,29)(H,30,32). The smallest absolute Gasteiger partial charge is 0.246 e. The van der Waals surface area contributed by atoms with Gasteiger partial charge in [0.25, 0.3) is 0 Å². The van der Waals surface area contributed by atoms with Crippen LogP contribution in [0.15, 0.2) is 42.5 Å². The van der Waals surface area contributed by atoms with Crippen molar-refractivity contribution in [2.24, 2.45) is 0 Å². The van der Waals surface area contributed by atoms with Gasteiger partial charge in [-0.05, 0) is 35.4 Å². The molecule has 0 atom stereocenters. The van der Waals surface area contributed by atoms with Crippen LogP contribution < -0.4 is 10.4 Å². The van der Waals surface area contributed by atoms with Crippen LogP contribution in [0, 0.1) is 23.3 Å². The minimum absolute atomic E-state index is 0.0295. The first-order valence-corrected chi connectivity index (χ1v) is 10.1. The number of halogens is 4. The minimum Gasteiger partial charge on any atom is -0.273 e. The molecule has 0 aliphatic rings. The Morgan fingerprint density at radius 2 is 1.48 bits per heavy atom. The van der Waals surface area contributed by atoms with E-state index < -0.39 is 40.5 Å². The van der Waals surface area contributed by atoms with Crippen LogP contribution in [0.1, 0.15) is 44.0 Å². The van der Waals surface area contributed by atoms with Gasteiger partial charge in [0.1, 0.15) is 23.3 Å². The van der Waals surface area contributed by atoms with Gasteiger partial charge in [-0.3, -0.25) is 20.1 Å². The molecule has 0 aliphatic carbocycles. The molecule has 0 spiro atoms. The molecule has 1 aromatic heterocycles. The van der Waals surface area contributed by atoms with E-state index in [4.69, 9.17) is 0 Å². The molecule has 1 heterocycles. The van der Waals surface area contributed by atoms with Crippen molar-refractivity contribution in [3.05, 3.63) is 82.6 Å². The number of nitrogens with one attached hydrogen (secondary N) is 2. The van der Waals surface area contributed by atoms with Gasteiger partial charge in [-0.25, -0.2) is 22.6 Å². The Hall–Kier alpha value is -3.69. The Morgan fingerprint density at radius 3 is 2.03 bits per heavy atom. The molecule has 3 rings (SSSR count). The van der Waals surface area contributed by atoms with Crippen LogP contribution in [-0.2, 0) is 21.4 Å². The lowest BCUT2D eigenvalue weighted by Crippen LogP contribution is -2.47. The molecule has 0 unspecified atom stereocenters. The summed E-state index contributed by atoms with van der Waals surface area (Å²) in [7, 11) is 0. The highest BCUT2D eigenvalue weighted by molar-refractivity contribution is 5.95. The third kappa shape index (κ3) is 5.57. The summed E-state index contributed by atoms with van der Waals surface area (Å²) in [5, 5.41) is 7.75. The van der Waals surface area contributed by atoms with Gasteiger partial charge >= 0.3 is 0 Å². The number of benzene rings is 2. The zero-order chi connectivity index (χ0) is 24.3. The van der Waals surface area contributed by atoms with Crippen molar-refractivity contribution in [1.82, 2.24) is 15.6 Å². The Labute approximate surface area is 187 Å². The number of anilines is 1. The van der Waals surface area contributed by atoms with Gasteiger partial charge in [-0.15, -0.1) is 0 Å². The van der Waals surface area contributed by atoms with Crippen LogP contribution in [0.2, 0.25) is 0 Å². The normalized spacial score (nSPS) is 11.4. The molecule has 0 saturated heterocycles. The number of aromatic amines is 1. The summed E-state index contributed by atoms with van der Waals surface area (Å²) in [6.45, 7) is 4.98. The number of hydrogen-bond donors (Lipinski definition) is 2. The predicted octanol–water partition coefficient (Wildman–Crippen LogP) is 4.31. The molecule has 10 heteroatoms. The molecule has 0 aliphatic heterocycles. The maximum atomic E-state index is 13.7. The summed E-state index contributed by atoms with van der Waals surface area (Å²) in [6.07, 6.45) is -0.348. The first-order chi connectivity index (χ1) is 15.5. The van der Waals surface area contributed by atoms with E-state index >= 15 is 0 Å². The highest BCUT2D eigenvalue weighted by Crippen LogP contribution is 2.32. The van der Waals surface area contributed by atoms with E-state index in [-0.39, 0.29) is 24.2 Å². The summed E-state index contributed by atoms with van der Waals surface area (Å²) < 4.78 is 54.2. The summed E-state index contributed by atoms with van der Waals surface area (Å²) in [4.78, 5) is 24.9. The second-order valence-electron chi connectivity index (χ2n) is 7.99. The lowest BCUT2D eigenvalue weighted by atomic mass is 9.81. The summed E-state index contributed by atoms with van der Waals surface area (Å²) >= 11 is 0. The molecule has 6 nitrogen and oxygen atoms in total. The summed E-state index contributed by atoms with van der Waals surface area (Å²) in [5.41, 5.74) is 2.23. The van der Waals surface area contributed by atoms with Crippen molar-refractivity contribution in [2.75, 3.05) is 5.01 Å². The first-order valence-electron chi connectivity index (χ1n) is 10.1. The van der Waals surface area contributed by atoms with E-state index in [0.29, 0.717) is 17.3 Å². The fourth-order valence-corrected chi connectivity index (χ4v) is 3.29. The van der Waals surface area contributed by atoms with Crippen LogP contribution in [0.5, 0.6) is 0 Å². The monoisotopic (exact) mass is 462 g/mol. The number of aromatic nitrogens is 2. The van der Waals surface area contributed by atoms with Crippen LogP contribution in [0.4, 0.5) is 23.4 Å². The SMILES string of the molecule is CCC(=O)N(NC(=O)Cc1cc(F)cc(F)c1)c1cc(C(C)(C)c2cc(F)cc(F)c2)n[nH]1. The Kier molecular flexibility index (Phi) is 6.85. The number of carbonyl (C=O) groups excluding carboxylic acids is 2. The van der Waals surface area contributed by atoms with Crippen molar-refractivity contribution in [2.45, 2.75) is 39.0 Å². The number of nitrogens with zero attached hydrogens (tertiary/aromatic N) is 2. The number of carbonyl (C=O) groups is 2. The van der Waals surface area contributed by atoms with Gasteiger partial charge in [0.05, 0.1) is 12.1 Å². The molecular weight excluding hydrogens is 440 g/mol. The lowest BCUT2D eigenvalue weighted by molar-refractivity contribution is -0.125. The Bertz CT molecular complexity index is 1150. The summed E-state index contributed by atoms with van der Waals surface area (Å²) in [5.74, 6) is -4.19. The largest absolute Gasteiger partial charge is 0.273 e. The van der Waals surface area contributed by atoms with Gasteiger partial charge in [-0.1, -0.05) is 20.8 Å². The van der Waals surface area contributed by atoms with Crippen molar-refractivity contribution in [3.63, 3.8) is 0 Å². The molecule has 3 aromatic rings. The quantitative estimate of drug-likeness (QED) is 0.423. The highest BCUT2D eigenvalue weighted by atomic mass is 19.1. The molecule has 0 saturated carbocycles. The summed E-state index contributed by atoms with van der Waals surface area (Å²) in [6, 6.07) is 7.33. The molecule has 0 radical (unpaired) electrons. The zero-order valence-corrected chi connectivity index (χ0v) is 18.2. The van der Waals surface area contributed by atoms with Crippen molar-refractivity contribution >= 4 is 17.6 Å². The van der Waals surface area contributed by atoms with Gasteiger partial charge < -0.3 is 0 Å². The van der Waals surface area contributed by atoms with E-state index in [0.717, 1.165) is 23.2 Å². The van der Waals surface area contributed by atoms with Crippen LogP contribution in [0.3, 0.4) is 0 Å². The van der Waals surface area contributed by atoms with Gasteiger partial charge in [0, 0.05) is 30.0 Å². The fourth-order valence-electron chi connectivity index (χ4n) is 3.29. The minimum atomic E-state index is -0.943. The van der Waals surface area contributed by atoms with Gasteiger partial charge in [-0.2, -0.15) is 5.10 Å². The van der Waals surface area contributed by atoms with E-state index in [2.05, 4.69) is 15.6 Å². The molecule has 174 valence electrons.